The summed E-state index contributed by atoms with van der Waals surface area (Å²) in [6, 6.07) is 22.2. The van der Waals surface area contributed by atoms with Gasteiger partial charge in [0.05, 0.1) is 21.5 Å². The Hall–Kier alpha value is -2.68. The van der Waals surface area contributed by atoms with Gasteiger partial charge in [-0.05, 0) is 76.8 Å². The molecular formula is C31H44N2O8S2. The van der Waals surface area contributed by atoms with Gasteiger partial charge in [0.15, 0.2) is 0 Å². The lowest BCUT2D eigenvalue weighted by Crippen LogP contribution is -2.49. The van der Waals surface area contributed by atoms with Crippen LogP contribution in [0.15, 0.2) is 88.7 Å². The van der Waals surface area contributed by atoms with E-state index in [0.717, 1.165) is 36.1 Å². The predicted octanol–water partition coefficient (Wildman–Crippen LogP) is 3.95. The molecule has 4 rings (SSSR count). The second kappa shape index (κ2) is 16.4. The molecule has 3 aromatic carbocycles. The van der Waals surface area contributed by atoms with E-state index in [1.807, 2.05) is 44.2 Å². The second-order valence-corrected chi connectivity index (χ2v) is 14.0. The van der Waals surface area contributed by atoms with Crippen LogP contribution in [0, 0.1) is 13.8 Å². The molecule has 0 aromatic heterocycles. The van der Waals surface area contributed by atoms with Gasteiger partial charge < -0.3 is 20.9 Å². The molecule has 0 saturated carbocycles. The van der Waals surface area contributed by atoms with E-state index in [2.05, 4.69) is 19.2 Å². The first-order chi connectivity index (χ1) is 20.0. The molecule has 3 atom stereocenters. The minimum Gasteiger partial charge on any atom is -0.390 e. The van der Waals surface area contributed by atoms with E-state index >= 15 is 0 Å². The number of ether oxygens (including phenoxy) is 1. The van der Waals surface area contributed by atoms with E-state index in [4.69, 9.17) is 19.6 Å². The number of aliphatic hydroxyl groups excluding tert-OH is 1. The minimum atomic E-state index is -4.02. The first-order valence-corrected chi connectivity index (χ1v) is 16.8. The van der Waals surface area contributed by atoms with Gasteiger partial charge in [-0.15, -0.1) is 0 Å². The predicted molar refractivity (Wildman–Crippen MR) is 167 cm³/mol. The van der Waals surface area contributed by atoms with Crippen molar-refractivity contribution in [3.8, 4) is 0 Å². The average Bonchev–Trinajstić information content (AvgIpc) is 2.92. The molecule has 0 amide bonds. The molecule has 1 fully saturated rings. The van der Waals surface area contributed by atoms with Crippen LogP contribution < -0.4 is 11.1 Å². The first kappa shape index (κ1) is 36.5. The highest BCUT2D eigenvalue weighted by Crippen LogP contribution is 2.23. The van der Waals surface area contributed by atoms with E-state index in [1.54, 1.807) is 24.3 Å². The van der Waals surface area contributed by atoms with E-state index < -0.39 is 26.3 Å². The standard InChI is InChI=1S/C17H28N2O2.2C7H8O3S/c1-17(2)11-14(8-9-21-17)19-12-16(20)15(18)10-13-6-4-3-5-7-13;2*1-6-2-4-7(5-3-6)11(8,9)10/h3-7,14-16,19-20H,8-12,18H2,1-2H3;2*2-5H,1H3,(H,8,9,10)/t14?,15-,16+;;/m0../s1. The largest absolute Gasteiger partial charge is 0.390 e. The van der Waals surface area contributed by atoms with Gasteiger partial charge in [0, 0.05) is 25.2 Å². The molecule has 1 saturated heterocycles. The molecule has 6 N–H and O–H groups in total. The van der Waals surface area contributed by atoms with Gasteiger partial charge >= 0.3 is 0 Å². The Morgan fingerprint density at radius 1 is 0.860 bits per heavy atom. The Bertz CT molecular complexity index is 1390. The summed E-state index contributed by atoms with van der Waals surface area (Å²) < 4.78 is 64.8. The number of nitrogens with two attached hydrogens (primary N) is 1. The summed E-state index contributed by atoms with van der Waals surface area (Å²) in [6.45, 7) is 9.21. The number of nitrogens with one attached hydrogen (secondary N) is 1. The lowest BCUT2D eigenvalue weighted by atomic mass is 9.93. The third-order valence-corrected chi connectivity index (χ3v) is 8.49. The molecule has 1 heterocycles. The van der Waals surface area contributed by atoms with E-state index in [-0.39, 0.29) is 21.4 Å². The van der Waals surface area contributed by atoms with Crippen LogP contribution >= 0.6 is 0 Å². The quantitative estimate of drug-likeness (QED) is 0.228. The van der Waals surface area contributed by atoms with Crippen molar-refractivity contribution in [2.45, 2.75) is 80.5 Å². The van der Waals surface area contributed by atoms with Crippen LogP contribution in [0.25, 0.3) is 0 Å². The zero-order valence-electron chi connectivity index (χ0n) is 25.0. The lowest BCUT2D eigenvalue weighted by molar-refractivity contribution is -0.0640. The molecule has 238 valence electrons. The molecule has 12 heteroatoms. The van der Waals surface area contributed by atoms with Crippen LogP contribution in [0.2, 0.25) is 0 Å². The van der Waals surface area contributed by atoms with Crippen molar-refractivity contribution >= 4 is 20.2 Å². The number of aliphatic hydroxyl groups is 1. The molecule has 0 spiro atoms. The van der Waals surface area contributed by atoms with E-state index in [9.17, 15) is 21.9 Å². The zero-order valence-corrected chi connectivity index (χ0v) is 26.7. The number of hydrogen-bond donors (Lipinski definition) is 5. The average molecular weight is 637 g/mol. The van der Waals surface area contributed by atoms with E-state index in [0.29, 0.717) is 19.0 Å². The Balaban J connectivity index is 0.000000247. The molecule has 1 aliphatic heterocycles. The molecule has 1 unspecified atom stereocenters. The fourth-order valence-corrected chi connectivity index (χ4v) is 5.25. The van der Waals surface area contributed by atoms with Crippen molar-refractivity contribution in [1.29, 1.82) is 0 Å². The summed E-state index contributed by atoms with van der Waals surface area (Å²) in [7, 11) is -8.04. The molecule has 0 bridgehead atoms. The number of rotatable bonds is 8. The van der Waals surface area contributed by atoms with Gasteiger partial charge in [-0.1, -0.05) is 65.7 Å². The lowest BCUT2D eigenvalue weighted by Gasteiger charge is -2.36. The minimum absolute atomic E-state index is 0.0666. The van der Waals surface area contributed by atoms with Crippen molar-refractivity contribution in [2.75, 3.05) is 13.2 Å². The fourth-order valence-electron chi connectivity index (χ4n) is 4.29. The highest BCUT2D eigenvalue weighted by molar-refractivity contribution is 7.86. The molecule has 0 aliphatic carbocycles. The zero-order chi connectivity index (χ0) is 32.3. The number of benzene rings is 3. The molecule has 43 heavy (non-hydrogen) atoms. The molecule has 10 nitrogen and oxygen atoms in total. The summed E-state index contributed by atoms with van der Waals surface area (Å²) in [5.74, 6) is 0. The number of aryl methyl sites for hydroxylation is 2. The van der Waals surface area contributed by atoms with Gasteiger partial charge in [-0.25, -0.2) is 0 Å². The van der Waals surface area contributed by atoms with Crippen LogP contribution in [-0.2, 0) is 31.4 Å². The van der Waals surface area contributed by atoms with Crippen LogP contribution in [0.1, 0.15) is 43.4 Å². The first-order valence-electron chi connectivity index (χ1n) is 13.9. The summed E-state index contributed by atoms with van der Waals surface area (Å²) >= 11 is 0. The third kappa shape index (κ3) is 14.1. The maximum atomic E-state index is 10.5. The SMILES string of the molecule is CC1(C)CC(NC[C@@H](O)[C@@H](N)Cc2ccccc2)CCO1.Cc1ccc(S(=O)(=O)O)cc1.Cc1ccc(S(=O)(=O)O)cc1. The van der Waals surface area contributed by atoms with Gasteiger partial charge in [0.1, 0.15) is 0 Å². The highest BCUT2D eigenvalue weighted by atomic mass is 32.2. The topological polar surface area (TPSA) is 176 Å². The van der Waals surface area contributed by atoms with E-state index in [1.165, 1.54) is 24.3 Å². The van der Waals surface area contributed by atoms with Crippen molar-refractivity contribution < 1.29 is 35.8 Å². The van der Waals surface area contributed by atoms with Crippen LogP contribution in [0.4, 0.5) is 0 Å². The van der Waals surface area contributed by atoms with Crippen LogP contribution in [0.3, 0.4) is 0 Å². The highest BCUT2D eigenvalue weighted by Gasteiger charge is 2.29. The normalized spacial score (nSPS) is 17.8. The maximum Gasteiger partial charge on any atom is 0.294 e. The van der Waals surface area contributed by atoms with Crippen LogP contribution in [0.5, 0.6) is 0 Å². The summed E-state index contributed by atoms with van der Waals surface area (Å²) in [5, 5.41) is 13.7. The smallest absolute Gasteiger partial charge is 0.294 e. The van der Waals surface area contributed by atoms with Crippen molar-refractivity contribution in [3.05, 3.63) is 95.6 Å². The Morgan fingerprint density at radius 3 is 1.74 bits per heavy atom. The Kier molecular flexibility index (Phi) is 13.9. The van der Waals surface area contributed by atoms with Gasteiger partial charge in [-0.2, -0.15) is 16.8 Å². The molecule has 0 radical (unpaired) electrons. The summed E-state index contributed by atoms with van der Waals surface area (Å²) in [6.07, 6.45) is 2.12. The molecular weight excluding hydrogens is 592 g/mol. The van der Waals surface area contributed by atoms with Gasteiger partial charge in [0.25, 0.3) is 20.2 Å². The van der Waals surface area contributed by atoms with Crippen molar-refractivity contribution in [3.63, 3.8) is 0 Å². The monoisotopic (exact) mass is 636 g/mol. The second-order valence-electron chi connectivity index (χ2n) is 11.2. The van der Waals surface area contributed by atoms with Crippen molar-refractivity contribution in [2.24, 2.45) is 5.73 Å². The maximum absolute atomic E-state index is 10.5. The fraction of sp³-hybridized carbons (Fsp3) is 0.419. The van der Waals surface area contributed by atoms with Gasteiger partial charge in [0.2, 0.25) is 0 Å². The Morgan fingerprint density at radius 2 is 1.33 bits per heavy atom. The summed E-state index contributed by atoms with van der Waals surface area (Å²) in [4.78, 5) is -0.133. The molecule has 3 aromatic rings. The summed E-state index contributed by atoms with van der Waals surface area (Å²) in [5.41, 5.74) is 9.10. The Labute approximate surface area is 255 Å². The van der Waals surface area contributed by atoms with Crippen LogP contribution in [-0.4, -0.2) is 68.0 Å². The third-order valence-electron chi connectivity index (χ3n) is 6.76. The van der Waals surface area contributed by atoms with Crippen molar-refractivity contribution in [1.82, 2.24) is 5.32 Å². The molecule has 1 aliphatic rings. The number of hydrogen-bond acceptors (Lipinski definition) is 8. The van der Waals surface area contributed by atoms with Gasteiger partial charge in [-0.3, -0.25) is 9.11 Å².